The minimum atomic E-state index is -1.06. The van der Waals surface area contributed by atoms with Gasteiger partial charge in [-0.3, -0.25) is 4.79 Å². The van der Waals surface area contributed by atoms with Gasteiger partial charge in [-0.2, -0.15) is 0 Å². The van der Waals surface area contributed by atoms with E-state index in [1.165, 1.54) is 0 Å². The Kier molecular flexibility index (Phi) is 6.25. The molecule has 1 aliphatic rings. The number of carboxylic acids is 1. The molecule has 2 N–H and O–H groups in total. The van der Waals surface area contributed by atoms with Crippen LogP contribution in [-0.2, 0) is 22.4 Å². The molecule has 1 aliphatic carbocycles. The molecule has 0 saturated carbocycles. The zero-order valence-corrected chi connectivity index (χ0v) is 17.0. The first-order valence-electron chi connectivity index (χ1n) is 10.1. The first-order valence-corrected chi connectivity index (χ1v) is 10.1. The number of ether oxygens (including phenoxy) is 1. The highest BCUT2D eigenvalue weighted by Gasteiger charge is 2.25. The summed E-state index contributed by atoms with van der Waals surface area (Å²) in [5, 5.41) is 12.7. The van der Waals surface area contributed by atoms with Gasteiger partial charge in [0.2, 0.25) is 0 Å². The molecule has 0 radical (unpaired) electrons. The van der Waals surface area contributed by atoms with Gasteiger partial charge in [0.15, 0.2) is 6.10 Å². The zero-order chi connectivity index (χ0) is 21.1. The number of fused-ring (bicyclic) bond motifs is 3. The molecule has 7 nitrogen and oxygen atoms in total. The summed E-state index contributed by atoms with van der Waals surface area (Å²) in [6.07, 6.45) is 3.56. The Morgan fingerprint density at radius 3 is 2.69 bits per heavy atom. The van der Waals surface area contributed by atoms with Crippen LogP contribution >= 0.6 is 0 Å². The van der Waals surface area contributed by atoms with Crippen molar-refractivity contribution in [2.24, 2.45) is 0 Å². The summed E-state index contributed by atoms with van der Waals surface area (Å²) in [5.74, 6) is -1.12. The van der Waals surface area contributed by atoms with Crippen molar-refractivity contribution >= 4 is 22.8 Å². The Balaban J connectivity index is 1.80. The molecule has 0 saturated heterocycles. The number of carbonyl (C=O) groups excluding carboxylic acids is 1. The van der Waals surface area contributed by atoms with Crippen LogP contribution in [0.2, 0.25) is 0 Å². The number of carboxylic acid groups (broad SMARTS) is 1. The normalized spacial score (nSPS) is 15.0. The van der Waals surface area contributed by atoms with Crippen LogP contribution < -0.4 is 15.7 Å². The van der Waals surface area contributed by atoms with Gasteiger partial charge in [-0.15, -0.1) is 0 Å². The molecule has 0 fully saturated rings. The Labute approximate surface area is 169 Å². The molecule has 1 aromatic carbocycles. The highest BCUT2D eigenvalue weighted by atomic mass is 16.5. The molecule has 29 heavy (non-hydrogen) atoms. The number of aryl methyl sites for hydroxylation is 2. The van der Waals surface area contributed by atoms with E-state index in [4.69, 9.17) is 9.15 Å². The summed E-state index contributed by atoms with van der Waals surface area (Å²) in [6.45, 7) is 5.31. The summed E-state index contributed by atoms with van der Waals surface area (Å²) in [5.41, 5.74) is 2.61. The lowest BCUT2D eigenvalue weighted by molar-refractivity contribution is -0.143. The number of hydrogen-bond donors (Lipinski definition) is 2. The van der Waals surface area contributed by atoms with Gasteiger partial charge in [0.05, 0.1) is 0 Å². The van der Waals surface area contributed by atoms with E-state index in [1.54, 1.807) is 19.9 Å². The van der Waals surface area contributed by atoms with Crippen molar-refractivity contribution in [3.05, 3.63) is 39.2 Å². The molecule has 1 heterocycles. The van der Waals surface area contributed by atoms with Crippen molar-refractivity contribution in [1.82, 2.24) is 5.32 Å². The minimum absolute atomic E-state index is 0.309. The highest BCUT2D eigenvalue weighted by Crippen LogP contribution is 2.33. The molecular weight excluding hydrogens is 374 g/mol. The maximum atomic E-state index is 12.4. The molecule has 0 spiro atoms. The summed E-state index contributed by atoms with van der Waals surface area (Å²) in [4.78, 5) is 36.0. The van der Waals surface area contributed by atoms with Crippen LogP contribution in [0.15, 0.2) is 21.3 Å². The SMILES string of the molecule is CCCC[C@@H](NC(=O)[C@@H](C)Oc1ccc2c3c(c(=O)oc2c1C)CCC3)C(=O)O. The predicted octanol–water partition coefficient (Wildman–Crippen LogP) is 3.12. The summed E-state index contributed by atoms with van der Waals surface area (Å²) in [7, 11) is 0. The van der Waals surface area contributed by atoms with Crippen LogP contribution in [0.1, 0.15) is 56.2 Å². The van der Waals surface area contributed by atoms with Gasteiger partial charge < -0.3 is 19.6 Å². The standard InChI is InChI=1S/C22H27NO6/c1-4-5-9-17(21(25)26)23-20(24)13(3)28-18-11-10-15-14-7-6-8-16(14)22(27)29-19(15)12(18)2/h10-11,13,17H,4-9H2,1-3H3,(H,23,24)(H,25,26)/t13-,17-/m1/s1. The zero-order valence-electron chi connectivity index (χ0n) is 17.0. The molecule has 2 aromatic rings. The van der Waals surface area contributed by atoms with Crippen LogP contribution in [0.25, 0.3) is 11.0 Å². The van der Waals surface area contributed by atoms with Crippen LogP contribution in [0, 0.1) is 6.92 Å². The number of nitrogens with one attached hydrogen (secondary N) is 1. The molecular formula is C22H27NO6. The van der Waals surface area contributed by atoms with Crippen molar-refractivity contribution in [3.63, 3.8) is 0 Å². The molecule has 2 atom stereocenters. The average molecular weight is 401 g/mol. The number of hydrogen-bond acceptors (Lipinski definition) is 5. The van der Waals surface area contributed by atoms with Crippen LogP contribution in [0.5, 0.6) is 5.75 Å². The lowest BCUT2D eigenvalue weighted by Gasteiger charge is -2.20. The second kappa shape index (κ2) is 8.68. The first kappa shape index (κ1) is 20.9. The van der Waals surface area contributed by atoms with Crippen molar-refractivity contribution < 1.29 is 23.8 Å². The Morgan fingerprint density at radius 1 is 1.28 bits per heavy atom. The van der Waals surface area contributed by atoms with E-state index < -0.39 is 24.0 Å². The topological polar surface area (TPSA) is 106 Å². The van der Waals surface area contributed by atoms with Crippen molar-refractivity contribution in [1.29, 1.82) is 0 Å². The fraction of sp³-hybridized carbons (Fsp3) is 0.500. The van der Waals surface area contributed by atoms with Gasteiger partial charge >= 0.3 is 11.6 Å². The largest absolute Gasteiger partial charge is 0.480 e. The Hall–Kier alpha value is -2.83. The van der Waals surface area contributed by atoms with Crippen molar-refractivity contribution in [2.75, 3.05) is 0 Å². The first-order chi connectivity index (χ1) is 13.8. The molecule has 1 aromatic heterocycles. The number of amides is 1. The van der Waals surface area contributed by atoms with Gasteiger partial charge in [0, 0.05) is 16.5 Å². The minimum Gasteiger partial charge on any atom is -0.480 e. The molecule has 1 amide bonds. The van der Waals surface area contributed by atoms with Gasteiger partial charge in [0.25, 0.3) is 5.91 Å². The fourth-order valence-corrected chi connectivity index (χ4v) is 3.79. The Bertz CT molecular complexity index is 993. The molecule has 0 bridgehead atoms. The number of carbonyl (C=O) groups is 2. The second-order valence-electron chi connectivity index (χ2n) is 7.57. The van der Waals surface area contributed by atoms with Crippen molar-refractivity contribution in [2.45, 2.75) is 71.4 Å². The summed E-state index contributed by atoms with van der Waals surface area (Å²) < 4.78 is 11.3. The predicted molar refractivity (Wildman–Crippen MR) is 108 cm³/mol. The van der Waals surface area contributed by atoms with Crippen LogP contribution in [-0.4, -0.2) is 29.1 Å². The smallest absolute Gasteiger partial charge is 0.339 e. The van der Waals surface area contributed by atoms with E-state index in [-0.39, 0.29) is 5.63 Å². The Morgan fingerprint density at radius 2 is 2.00 bits per heavy atom. The average Bonchev–Trinajstić information content (AvgIpc) is 3.18. The lowest BCUT2D eigenvalue weighted by atomic mass is 10.0. The van der Waals surface area contributed by atoms with E-state index in [0.29, 0.717) is 29.7 Å². The molecule has 0 unspecified atom stereocenters. The quantitative estimate of drug-likeness (QED) is 0.659. The number of unbranched alkanes of at least 4 members (excludes halogenated alkanes) is 1. The molecule has 7 heteroatoms. The fourth-order valence-electron chi connectivity index (χ4n) is 3.79. The van der Waals surface area contributed by atoms with E-state index in [2.05, 4.69) is 5.32 Å². The third kappa shape index (κ3) is 4.28. The maximum Gasteiger partial charge on any atom is 0.339 e. The van der Waals surface area contributed by atoms with E-state index in [0.717, 1.165) is 42.2 Å². The maximum absolute atomic E-state index is 12.4. The van der Waals surface area contributed by atoms with Gasteiger partial charge in [0.1, 0.15) is 17.4 Å². The van der Waals surface area contributed by atoms with Crippen molar-refractivity contribution in [3.8, 4) is 5.75 Å². The van der Waals surface area contributed by atoms with Crippen LogP contribution in [0.4, 0.5) is 0 Å². The number of rotatable bonds is 8. The third-order valence-corrected chi connectivity index (χ3v) is 5.47. The summed E-state index contributed by atoms with van der Waals surface area (Å²) in [6, 6.07) is 2.69. The number of aliphatic carboxylic acids is 1. The third-order valence-electron chi connectivity index (χ3n) is 5.47. The second-order valence-corrected chi connectivity index (χ2v) is 7.57. The van der Waals surface area contributed by atoms with E-state index in [1.807, 2.05) is 13.0 Å². The van der Waals surface area contributed by atoms with Gasteiger partial charge in [-0.05, 0) is 57.2 Å². The molecule has 156 valence electrons. The van der Waals surface area contributed by atoms with Crippen LogP contribution in [0.3, 0.4) is 0 Å². The lowest BCUT2D eigenvalue weighted by Crippen LogP contribution is -2.46. The van der Waals surface area contributed by atoms with Gasteiger partial charge in [-0.25, -0.2) is 9.59 Å². The van der Waals surface area contributed by atoms with E-state index in [9.17, 15) is 19.5 Å². The highest BCUT2D eigenvalue weighted by molar-refractivity contribution is 5.88. The number of benzene rings is 1. The molecule has 0 aliphatic heterocycles. The van der Waals surface area contributed by atoms with E-state index >= 15 is 0 Å². The molecule has 3 rings (SSSR count). The summed E-state index contributed by atoms with van der Waals surface area (Å²) >= 11 is 0. The monoisotopic (exact) mass is 401 g/mol. The van der Waals surface area contributed by atoms with Gasteiger partial charge in [-0.1, -0.05) is 19.8 Å².